The number of nitrogens with zero attached hydrogens (tertiary/aromatic N) is 3. The molecule has 6 nitrogen and oxygen atoms in total. The third-order valence-corrected chi connectivity index (χ3v) is 5.49. The van der Waals surface area contributed by atoms with Crippen LogP contribution in [0.5, 0.6) is 0 Å². The van der Waals surface area contributed by atoms with E-state index in [4.69, 9.17) is 0 Å². The molecule has 0 aliphatic carbocycles. The molecule has 108 valence electrons. The van der Waals surface area contributed by atoms with Gasteiger partial charge in [-0.15, -0.1) is 0 Å². The van der Waals surface area contributed by atoms with Gasteiger partial charge in [-0.2, -0.15) is 9.40 Å². The van der Waals surface area contributed by atoms with Crippen LogP contribution in [-0.2, 0) is 17.1 Å². The van der Waals surface area contributed by atoms with Crippen LogP contribution < -0.4 is 5.32 Å². The Morgan fingerprint density at radius 3 is 2.63 bits per heavy atom. The summed E-state index contributed by atoms with van der Waals surface area (Å²) in [5.41, 5.74) is 0. The molecule has 19 heavy (non-hydrogen) atoms. The van der Waals surface area contributed by atoms with Crippen molar-refractivity contribution in [3.05, 3.63) is 12.3 Å². The minimum absolute atomic E-state index is 0.271. The lowest BCUT2D eigenvalue weighted by Crippen LogP contribution is -2.45. The first-order valence-electron chi connectivity index (χ1n) is 6.77. The summed E-state index contributed by atoms with van der Waals surface area (Å²) < 4.78 is 27.8. The molecule has 0 radical (unpaired) electrons. The molecule has 1 aromatic rings. The maximum atomic E-state index is 12.4. The Morgan fingerprint density at radius 2 is 2.11 bits per heavy atom. The van der Waals surface area contributed by atoms with E-state index in [1.807, 2.05) is 0 Å². The van der Waals surface area contributed by atoms with Crippen molar-refractivity contribution in [2.45, 2.75) is 37.3 Å². The average molecular weight is 286 g/mol. The highest BCUT2D eigenvalue weighted by molar-refractivity contribution is 7.89. The van der Waals surface area contributed by atoms with Gasteiger partial charge in [-0.3, -0.25) is 4.68 Å². The second kappa shape index (κ2) is 6.02. The molecule has 0 saturated carbocycles. The summed E-state index contributed by atoms with van der Waals surface area (Å²) in [5, 5.41) is 7.65. The highest BCUT2D eigenvalue weighted by atomic mass is 32.2. The van der Waals surface area contributed by atoms with Crippen molar-refractivity contribution >= 4 is 10.0 Å². The van der Waals surface area contributed by atoms with Gasteiger partial charge in [0.05, 0.1) is 6.20 Å². The van der Waals surface area contributed by atoms with Crippen molar-refractivity contribution in [2.75, 3.05) is 19.6 Å². The normalized spacial score (nSPS) is 18.8. The van der Waals surface area contributed by atoms with Crippen molar-refractivity contribution < 1.29 is 8.42 Å². The summed E-state index contributed by atoms with van der Waals surface area (Å²) in [4.78, 5) is 0. The summed E-state index contributed by atoms with van der Waals surface area (Å²) in [7, 11) is -1.73. The molecule has 1 N–H and O–H groups in total. The molecule has 2 heterocycles. The van der Waals surface area contributed by atoms with Gasteiger partial charge in [0.2, 0.25) is 0 Å². The zero-order valence-electron chi connectivity index (χ0n) is 11.5. The van der Waals surface area contributed by atoms with Crippen LogP contribution in [0.15, 0.2) is 17.3 Å². The van der Waals surface area contributed by atoms with Crippen molar-refractivity contribution in [3.8, 4) is 0 Å². The largest absolute Gasteiger partial charge is 0.314 e. The van der Waals surface area contributed by atoms with Crippen LogP contribution in [0, 0.1) is 0 Å². The molecule has 1 aliphatic heterocycles. The molecule has 1 aliphatic rings. The molecule has 1 saturated heterocycles. The van der Waals surface area contributed by atoms with E-state index in [1.54, 1.807) is 17.4 Å². The van der Waals surface area contributed by atoms with E-state index in [1.165, 1.54) is 10.9 Å². The lowest BCUT2D eigenvalue weighted by atomic mass is 10.1. The Bertz CT molecular complexity index is 504. The second-order valence-electron chi connectivity index (χ2n) is 4.93. The van der Waals surface area contributed by atoms with E-state index in [0.29, 0.717) is 19.1 Å². The van der Waals surface area contributed by atoms with Gasteiger partial charge in [-0.1, -0.05) is 6.92 Å². The van der Waals surface area contributed by atoms with E-state index >= 15 is 0 Å². The van der Waals surface area contributed by atoms with E-state index in [9.17, 15) is 8.42 Å². The summed E-state index contributed by atoms with van der Waals surface area (Å²) in [6.45, 7) is 4.29. The van der Waals surface area contributed by atoms with Gasteiger partial charge in [0.1, 0.15) is 0 Å². The van der Waals surface area contributed by atoms with Crippen molar-refractivity contribution in [1.82, 2.24) is 19.4 Å². The van der Waals surface area contributed by atoms with Crippen molar-refractivity contribution in [1.29, 1.82) is 0 Å². The first-order valence-corrected chi connectivity index (χ1v) is 8.21. The number of hydrogen-bond donors (Lipinski definition) is 1. The Balaban J connectivity index is 2.00. The number of rotatable bonds is 5. The number of aromatic nitrogens is 2. The first kappa shape index (κ1) is 14.5. The lowest BCUT2D eigenvalue weighted by molar-refractivity contribution is 0.288. The number of hydrogen-bond acceptors (Lipinski definition) is 4. The Labute approximate surface area is 114 Å². The molecule has 0 spiro atoms. The molecule has 1 aromatic heterocycles. The molecular formula is C12H22N4O2S. The minimum atomic E-state index is -3.39. The Hall–Kier alpha value is -0.920. The highest BCUT2D eigenvalue weighted by Gasteiger charge is 2.30. The highest BCUT2D eigenvalue weighted by Crippen LogP contribution is 2.20. The number of aryl methyl sites for hydroxylation is 1. The summed E-state index contributed by atoms with van der Waals surface area (Å²) in [5.74, 6) is 0. The van der Waals surface area contributed by atoms with Gasteiger partial charge in [-0.25, -0.2) is 8.42 Å². The predicted molar refractivity (Wildman–Crippen MR) is 73.3 cm³/mol. The quantitative estimate of drug-likeness (QED) is 0.859. The zero-order valence-corrected chi connectivity index (χ0v) is 12.4. The van der Waals surface area contributed by atoms with Gasteiger partial charge >= 0.3 is 0 Å². The van der Waals surface area contributed by atoms with Crippen LogP contribution in [0.2, 0.25) is 0 Å². The topological polar surface area (TPSA) is 67.2 Å². The number of sulfonamides is 1. The smallest absolute Gasteiger partial charge is 0.260 e. The van der Waals surface area contributed by atoms with Crippen LogP contribution in [0.25, 0.3) is 0 Å². The molecule has 0 amide bonds. The second-order valence-corrected chi connectivity index (χ2v) is 6.81. The van der Waals surface area contributed by atoms with E-state index < -0.39 is 10.0 Å². The summed E-state index contributed by atoms with van der Waals surface area (Å²) in [6.07, 6.45) is 4.37. The Morgan fingerprint density at radius 1 is 1.42 bits per heavy atom. The first-order chi connectivity index (χ1) is 9.05. The summed E-state index contributed by atoms with van der Waals surface area (Å²) >= 11 is 0. The summed E-state index contributed by atoms with van der Waals surface area (Å²) in [6, 6.07) is 1.99. The SMILES string of the molecule is CCCNC1CCN(S(=O)(=O)c2ccnn2C)CC1. The van der Waals surface area contributed by atoms with Crippen LogP contribution in [0.4, 0.5) is 0 Å². The molecule has 1 fully saturated rings. The van der Waals surface area contributed by atoms with E-state index in [0.717, 1.165) is 25.8 Å². The molecular weight excluding hydrogens is 264 g/mol. The monoisotopic (exact) mass is 286 g/mol. The predicted octanol–water partition coefficient (Wildman–Crippen LogP) is 0.573. The van der Waals surface area contributed by atoms with E-state index in [-0.39, 0.29) is 5.03 Å². The molecule has 0 atom stereocenters. The van der Waals surface area contributed by atoms with Crippen molar-refractivity contribution in [3.63, 3.8) is 0 Å². The van der Waals surface area contributed by atoms with Crippen molar-refractivity contribution in [2.24, 2.45) is 7.05 Å². The van der Waals surface area contributed by atoms with E-state index in [2.05, 4.69) is 17.3 Å². The molecule has 0 unspecified atom stereocenters. The lowest BCUT2D eigenvalue weighted by Gasteiger charge is -2.31. The van der Waals surface area contributed by atoms with Gasteiger partial charge in [0, 0.05) is 26.2 Å². The minimum Gasteiger partial charge on any atom is -0.314 e. The maximum absolute atomic E-state index is 12.4. The van der Waals surface area contributed by atoms with Gasteiger partial charge in [0.15, 0.2) is 5.03 Å². The van der Waals surface area contributed by atoms with Gasteiger partial charge in [0.25, 0.3) is 10.0 Å². The molecule has 0 aromatic carbocycles. The van der Waals surface area contributed by atoms with Crippen LogP contribution in [-0.4, -0.2) is 48.2 Å². The maximum Gasteiger partial charge on any atom is 0.260 e. The standard InChI is InChI=1S/C12H22N4O2S/c1-3-7-13-11-5-9-16(10-6-11)19(17,18)12-4-8-14-15(12)2/h4,8,11,13H,3,5-7,9-10H2,1-2H3. The third-order valence-electron chi connectivity index (χ3n) is 3.52. The fourth-order valence-corrected chi connectivity index (χ4v) is 3.97. The molecule has 2 rings (SSSR count). The van der Waals surface area contributed by atoms with Crippen LogP contribution >= 0.6 is 0 Å². The molecule has 7 heteroatoms. The van der Waals surface area contributed by atoms with Gasteiger partial charge < -0.3 is 5.32 Å². The number of nitrogens with one attached hydrogen (secondary N) is 1. The van der Waals surface area contributed by atoms with Crippen LogP contribution in [0.1, 0.15) is 26.2 Å². The Kier molecular flexibility index (Phi) is 4.59. The third kappa shape index (κ3) is 3.16. The van der Waals surface area contributed by atoms with Crippen LogP contribution in [0.3, 0.4) is 0 Å². The molecule has 0 bridgehead atoms. The fraction of sp³-hybridized carbons (Fsp3) is 0.750. The fourth-order valence-electron chi connectivity index (χ4n) is 2.40. The zero-order chi connectivity index (χ0) is 13.9. The average Bonchev–Trinajstić information content (AvgIpc) is 2.84. The number of piperidine rings is 1. The van der Waals surface area contributed by atoms with Gasteiger partial charge in [-0.05, 0) is 31.9 Å².